The van der Waals surface area contributed by atoms with Gasteiger partial charge in [-0.15, -0.1) is 0 Å². The van der Waals surface area contributed by atoms with Crippen molar-refractivity contribution in [2.24, 2.45) is 0 Å². The van der Waals surface area contributed by atoms with Gasteiger partial charge in [0.1, 0.15) is 18.1 Å². The first kappa shape index (κ1) is 21.7. The minimum absolute atomic E-state index is 0.206. The Morgan fingerprint density at radius 3 is 2.46 bits per heavy atom. The third-order valence-electron chi connectivity index (χ3n) is 3.79. The van der Waals surface area contributed by atoms with Crippen LogP contribution < -0.4 is 20.1 Å². The molecular weight excluding hydrogens is 376 g/mol. The maximum absolute atomic E-state index is 12.4. The zero-order valence-electron chi connectivity index (χ0n) is 16.2. The van der Waals surface area contributed by atoms with Crippen LogP contribution in [0.25, 0.3) is 0 Å². The number of carbonyl (C=O) groups is 1. The molecule has 6 nitrogen and oxygen atoms in total. The van der Waals surface area contributed by atoms with Crippen LogP contribution in [0.2, 0.25) is 0 Å². The standard InChI is InChI=1S/C21H26N2O4S/c1-3-4-13-27-19-8-6-5-7-18(19)22-21(28)23-20(24)16-9-11-17(12-10-16)26-15-14-25-2/h5-12H,3-4,13-15H2,1-2H3,(H2,22,23,24,28). The largest absolute Gasteiger partial charge is 0.491 e. The molecule has 0 heterocycles. The van der Waals surface area contributed by atoms with Gasteiger partial charge in [0.15, 0.2) is 5.11 Å². The Balaban J connectivity index is 1.90. The summed E-state index contributed by atoms with van der Waals surface area (Å²) in [5.74, 6) is 1.07. The first-order chi connectivity index (χ1) is 13.6. The number of unbranched alkanes of at least 4 members (excludes halogenated alkanes) is 1. The predicted octanol–water partition coefficient (Wildman–Crippen LogP) is 4.02. The van der Waals surface area contributed by atoms with E-state index in [0.29, 0.717) is 42.6 Å². The molecular formula is C21H26N2O4S. The van der Waals surface area contributed by atoms with E-state index in [-0.39, 0.29) is 11.0 Å². The predicted molar refractivity (Wildman–Crippen MR) is 114 cm³/mol. The number of nitrogens with one attached hydrogen (secondary N) is 2. The average molecular weight is 403 g/mol. The smallest absolute Gasteiger partial charge is 0.257 e. The van der Waals surface area contributed by atoms with Gasteiger partial charge in [-0.05, 0) is 55.0 Å². The fourth-order valence-electron chi connectivity index (χ4n) is 2.30. The summed E-state index contributed by atoms with van der Waals surface area (Å²) in [4.78, 5) is 12.4. The maximum Gasteiger partial charge on any atom is 0.257 e. The topological polar surface area (TPSA) is 68.8 Å². The number of thiocarbonyl (C=S) groups is 1. The number of hydrogen-bond donors (Lipinski definition) is 2. The number of hydrogen-bond acceptors (Lipinski definition) is 5. The van der Waals surface area contributed by atoms with Crippen molar-refractivity contribution in [3.63, 3.8) is 0 Å². The second-order valence-corrected chi connectivity index (χ2v) is 6.38. The monoisotopic (exact) mass is 402 g/mol. The SMILES string of the molecule is CCCCOc1ccccc1NC(=S)NC(=O)c1ccc(OCCOC)cc1. The zero-order valence-corrected chi connectivity index (χ0v) is 17.0. The third kappa shape index (κ3) is 7.17. The van der Waals surface area contributed by atoms with E-state index in [1.165, 1.54) is 0 Å². The number of para-hydroxylation sites is 2. The van der Waals surface area contributed by atoms with E-state index in [9.17, 15) is 4.79 Å². The Morgan fingerprint density at radius 1 is 1.00 bits per heavy atom. The van der Waals surface area contributed by atoms with E-state index in [4.69, 9.17) is 26.4 Å². The molecule has 0 bridgehead atoms. The zero-order chi connectivity index (χ0) is 20.2. The molecule has 150 valence electrons. The highest BCUT2D eigenvalue weighted by Crippen LogP contribution is 2.24. The number of anilines is 1. The molecule has 0 aliphatic carbocycles. The second kappa shape index (κ2) is 11.9. The molecule has 2 rings (SSSR count). The summed E-state index contributed by atoms with van der Waals surface area (Å²) in [6.45, 7) is 3.70. The van der Waals surface area contributed by atoms with Gasteiger partial charge < -0.3 is 19.5 Å². The van der Waals surface area contributed by atoms with Gasteiger partial charge in [-0.2, -0.15) is 0 Å². The van der Waals surface area contributed by atoms with Gasteiger partial charge in [0, 0.05) is 12.7 Å². The van der Waals surface area contributed by atoms with Crippen LogP contribution >= 0.6 is 12.2 Å². The number of rotatable bonds is 10. The third-order valence-corrected chi connectivity index (χ3v) is 3.99. The van der Waals surface area contributed by atoms with Gasteiger partial charge >= 0.3 is 0 Å². The van der Waals surface area contributed by atoms with E-state index in [0.717, 1.165) is 12.8 Å². The molecule has 0 aliphatic heterocycles. The van der Waals surface area contributed by atoms with E-state index >= 15 is 0 Å². The van der Waals surface area contributed by atoms with Crippen LogP contribution in [0, 0.1) is 0 Å². The van der Waals surface area contributed by atoms with Crippen LogP contribution in [0.3, 0.4) is 0 Å². The summed E-state index contributed by atoms with van der Waals surface area (Å²) in [7, 11) is 1.61. The van der Waals surface area contributed by atoms with Gasteiger partial charge in [-0.25, -0.2) is 0 Å². The molecule has 0 aliphatic rings. The van der Waals surface area contributed by atoms with Crippen molar-refractivity contribution >= 4 is 28.9 Å². The van der Waals surface area contributed by atoms with E-state index in [1.54, 1.807) is 31.4 Å². The van der Waals surface area contributed by atoms with Crippen molar-refractivity contribution < 1.29 is 19.0 Å². The van der Waals surface area contributed by atoms with Crippen LogP contribution in [-0.2, 0) is 4.74 Å². The first-order valence-electron chi connectivity index (χ1n) is 9.20. The molecule has 7 heteroatoms. The summed E-state index contributed by atoms with van der Waals surface area (Å²) in [5, 5.41) is 5.90. The second-order valence-electron chi connectivity index (χ2n) is 5.97. The van der Waals surface area contributed by atoms with Gasteiger partial charge in [-0.3, -0.25) is 10.1 Å². The quantitative estimate of drug-likeness (QED) is 0.462. The summed E-state index contributed by atoms with van der Waals surface area (Å²) in [5.41, 5.74) is 1.20. The Kier molecular flexibility index (Phi) is 9.24. The van der Waals surface area contributed by atoms with E-state index < -0.39 is 0 Å². The van der Waals surface area contributed by atoms with E-state index in [1.807, 2.05) is 24.3 Å². The molecule has 0 saturated heterocycles. The number of methoxy groups -OCH3 is 1. The average Bonchev–Trinajstić information content (AvgIpc) is 2.70. The molecule has 0 radical (unpaired) electrons. The van der Waals surface area contributed by atoms with Gasteiger partial charge in [0.05, 0.1) is 18.9 Å². The molecule has 0 saturated carbocycles. The summed E-state index contributed by atoms with van der Waals surface area (Å²) in [6.07, 6.45) is 2.03. The molecule has 0 atom stereocenters. The summed E-state index contributed by atoms with van der Waals surface area (Å²) < 4.78 is 16.2. The van der Waals surface area contributed by atoms with Crippen LogP contribution in [0.5, 0.6) is 11.5 Å². The number of amides is 1. The Bertz CT molecular complexity index is 765. The van der Waals surface area contributed by atoms with Crippen molar-refractivity contribution in [2.45, 2.75) is 19.8 Å². The molecule has 0 unspecified atom stereocenters. The highest BCUT2D eigenvalue weighted by molar-refractivity contribution is 7.80. The van der Waals surface area contributed by atoms with Crippen LogP contribution in [0.4, 0.5) is 5.69 Å². The Morgan fingerprint density at radius 2 is 1.75 bits per heavy atom. The molecule has 1 amide bonds. The van der Waals surface area contributed by atoms with E-state index in [2.05, 4.69) is 17.6 Å². The molecule has 28 heavy (non-hydrogen) atoms. The van der Waals surface area contributed by atoms with Crippen molar-refractivity contribution in [3.8, 4) is 11.5 Å². The lowest BCUT2D eigenvalue weighted by Gasteiger charge is -2.14. The fourth-order valence-corrected chi connectivity index (χ4v) is 2.50. The number of benzene rings is 2. The molecule has 2 N–H and O–H groups in total. The number of ether oxygens (including phenoxy) is 3. The Hall–Kier alpha value is -2.64. The molecule has 0 fully saturated rings. The molecule has 0 aromatic heterocycles. The lowest BCUT2D eigenvalue weighted by molar-refractivity contribution is 0.0977. The van der Waals surface area contributed by atoms with Crippen LogP contribution in [0.1, 0.15) is 30.1 Å². The van der Waals surface area contributed by atoms with Crippen LogP contribution in [-0.4, -0.2) is 38.0 Å². The van der Waals surface area contributed by atoms with Crippen molar-refractivity contribution in [1.29, 1.82) is 0 Å². The first-order valence-corrected chi connectivity index (χ1v) is 9.60. The maximum atomic E-state index is 12.4. The normalized spacial score (nSPS) is 10.2. The van der Waals surface area contributed by atoms with Crippen molar-refractivity contribution in [3.05, 3.63) is 54.1 Å². The summed E-state index contributed by atoms with van der Waals surface area (Å²) >= 11 is 5.27. The van der Waals surface area contributed by atoms with Crippen molar-refractivity contribution in [2.75, 3.05) is 32.2 Å². The van der Waals surface area contributed by atoms with Gasteiger partial charge in [-0.1, -0.05) is 25.5 Å². The minimum Gasteiger partial charge on any atom is -0.491 e. The van der Waals surface area contributed by atoms with Crippen molar-refractivity contribution in [1.82, 2.24) is 5.32 Å². The Labute approximate surface area is 171 Å². The molecule has 0 spiro atoms. The van der Waals surface area contributed by atoms with Gasteiger partial charge in [0.25, 0.3) is 5.91 Å². The molecule has 2 aromatic rings. The number of carbonyl (C=O) groups excluding carboxylic acids is 1. The lowest BCUT2D eigenvalue weighted by Crippen LogP contribution is -2.34. The minimum atomic E-state index is -0.301. The van der Waals surface area contributed by atoms with Gasteiger partial charge in [0.2, 0.25) is 0 Å². The summed E-state index contributed by atoms with van der Waals surface area (Å²) in [6, 6.07) is 14.3. The fraction of sp³-hybridized carbons (Fsp3) is 0.333. The highest BCUT2D eigenvalue weighted by atomic mass is 32.1. The molecule has 2 aromatic carbocycles. The lowest BCUT2D eigenvalue weighted by atomic mass is 10.2. The van der Waals surface area contributed by atoms with Crippen LogP contribution in [0.15, 0.2) is 48.5 Å². The highest BCUT2D eigenvalue weighted by Gasteiger charge is 2.10.